The highest BCUT2D eigenvalue weighted by molar-refractivity contribution is 5.99. The fraction of sp³-hybridized carbons (Fsp3) is 0.740. The maximum Gasteiger partial charge on any atom is 0.326 e. The molecular weight excluding hydrogens is 1070 g/mol. The van der Waals surface area contributed by atoms with Gasteiger partial charge in [0.15, 0.2) is 0 Å². The molecule has 0 saturated heterocycles. The summed E-state index contributed by atoms with van der Waals surface area (Å²) >= 11 is 0. The van der Waals surface area contributed by atoms with Gasteiger partial charge in [0.2, 0.25) is 59.1 Å². The van der Waals surface area contributed by atoms with Crippen LogP contribution < -0.4 is 76.5 Å². The standard InChI is InChI=1S/C50H90N14O17/c1-25(2)38(55)47(77)64-40(27(5)6)49(79)62-34(24-65)46(76)63-39(26(3)4)48(78)59-31(17-19-37(69)70)44(74)56-28(13-7-10-20-51)41(71)58-30(16-18-36(67)68)43(73)57-29(14-8-11-21-52)42(72)61-33(23-35(54)66)45(75)60-32(50(80)81)15-9-12-22-53/h25-34,38-40,65H,7-24,51-53,55H2,1-6H3,(H2,54,66)(H,56,74)(H,57,73)(H,58,71)(H,59,78)(H,60,75)(H,61,72)(H,62,79)(H,63,76)(H,64,77)(H,67,68)(H,69,70)(H,80,81)/t28-,29-,30-,31-,32-,33-,34-,38-,39-,40-/m0/s1. The smallest absolute Gasteiger partial charge is 0.326 e. The number of carbonyl (C=O) groups is 13. The maximum atomic E-state index is 14.2. The summed E-state index contributed by atoms with van der Waals surface area (Å²) in [5, 5.41) is 60.6. The quantitative estimate of drug-likeness (QED) is 0.0254. The van der Waals surface area contributed by atoms with Crippen molar-refractivity contribution in [3.8, 4) is 0 Å². The van der Waals surface area contributed by atoms with Crippen LogP contribution in [0.1, 0.15) is 131 Å². The Morgan fingerprint density at radius 3 is 0.988 bits per heavy atom. The van der Waals surface area contributed by atoms with Crippen molar-refractivity contribution in [3.63, 3.8) is 0 Å². The molecule has 10 amide bonds. The molecular formula is C50H90N14O17. The molecule has 0 aliphatic heterocycles. The number of aliphatic carboxylic acids is 3. The molecule has 462 valence electrons. The van der Waals surface area contributed by atoms with E-state index in [1.54, 1.807) is 27.7 Å². The van der Waals surface area contributed by atoms with Crippen LogP contribution in [0.5, 0.6) is 0 Å². The van der Waals surface area contributed by atoms with Crippen LogP contribution in [0.4, 0.5) is 0 Å². The van der Waals surface area contributed by atoms with Crippen LogP contribution in [0.15, 0.2) is 0 Å². The molecule has 0 aliphatic carbocycles. The molecule has 0 radical (unpaired) electrons. The highest BCUT2D eigenvalue weighted by Gasteiger charge is 2.37. The van der Waals surface area contributed by atoms with E-state index in [2.05, 4.69) is 47.9 Å². The van der Waals surface area contributed by atoms with Gasteiger partial charge < -0.3 is 96.9 Å². The molecule has 31 nitrogen and oxygen atoms in total. The van der Waals surface area contributed by atoms with Crippen LogP contribution >= 0.6 is 0 Å². The number of nitrogens with one attached hydrogen (secondary N) is 9. The van der Waals surface area contributed by atoms with Crippen molar-refractivity contribution < 1.29 is 82.8 Å². The van der Waals surface area contributed by atoms with Gasteiger partial charge in [-0.2, -0.15) is 0 Å². The second kappa shape index (κ2) is 39.3. The van der Waals surface area contributed by atoms with E-state index in [9.17, 15) is 82.8 Å². The van der Waals surface area contributed by atoms with Gasteiger partial charge in [-0.1, -0.05) is 41.5 Å². The number of hydrogen-bond acceptors (Lipinski definition) is 18. The van der Waals surface area contributed by atoms with Crippen LogP contribution in [0.2, 0.25) is 0 Å². The van der Waals surface area contributed by atoms with Gasteiger partial charge in [-0.15, -0.1) is 0 Å². The number of carboxylic acids is 3. The molecule has 0 heterocycles. The third-order valence-corrected chi connectivity index (χ3v) is 12.6. The number of carboxylic acid groups (broad SMARTS) is 3. The van der Waals surface area contributed by atoms with Gasteiger partial charge in [-0.25, -0.2) is 4.79 Å². The number of amides is 10. The molecule has 31 heteroatoms. The van der Waals surface area contributed by atoms with E-state index >= 15 is 0 Å². The summed E-state index contributed by atoms with van der Waals surface area (Å²) < 4.78 is 0. The van der Waals surface area contributed by atoms with Crippen LogP contribution in [-0.2, 0) is 62.3 Å². The molecule has 0 saturated carbocycles. The zero-order valence-corrected chi connectivity index (χ0v) is 47.2. The number of aliphatic hydroxyl groups excluding tert-OH is 1. The van der Waals surface area contributed by atoms with Gasteiger partial charge in [-0.05, 0) is 108 Å². The number of carbonyl (C=O) groups excluding carboxylic acids is 10. The predicted octanol–water partition coefficient (Wildman–Crippen LogP) is -5.29. The monoisotopic (exact) mass is 1160 g/mol. The summed E-state index contributed by atoms with van der Waals surface area (Å²) in [5.41, 5.74) is 28.1. The van der Waals surface area contributed by atoms with Gasteiger partial charge in [0.25, 0.3) is 0 Å². The Hall–Kier alpha value is -7.09. The summed E-state index contributed by atoms with van der Waals surface area (Å²) in [4.78, 5) is 171. The highest BCUT2D eigenvalue weighted by atomic mass is 16.4. The minimum absolute atomic E-state index is 0.0475. The summed E-state index contributed by atoms with van der Waals surface area (Å²) in [6, 6.07) is -15.1. The van der Waals surface area contributed by atoms with E-state index < -0.39 is 188 Å². The number of primary amides is 1. The largest absolute Gasteiger partial charge is 0.481 e. The van der Waals surface area contributed by atoms with Crippen molar-refractivity contribution in [2.75, 3.05) is 26.2 Å². The molecule has 23 N–H and O–H groups in total. The van der Waals surface area contributed by atoms with Crippen molar-refractivity contribution in [1.82, 2.24) is 47.9 Å². The molecule has 10 atom stereocenters. The SMILES string of the molecule is CC(C)[C@H](N)C(=O)N[C@H](C(=O)N[C@@H](CO)C(=O)N[C@H](C(=O)N[C@@H](CCC(=O)O)C(=O)N[C@@H](CCCCN)C(=O)N[C@@H](CCC(=O)O)C(=O)N[C@@H](CCCCN)C(=O)N[C@@H](CC(N)=O)C(=O)N[C@@H](CCCCN)C(=O)O)C(C)C)C(C)C. The van der Waals surface area contributed by atoms with Crippen LogP contribution in [-0.4, -0.2) is 184 Å². The first-order chi connectivity index (χ1) is 37.9. The van der Waals surface area contributed by atoms with E-state index in [1.165, 1.54) is 13.8 Å². The van der Waals surface area contributed by atoms with E-state index in [1.807, 2.05) is 0 Å². The average molecular weight is 1160 g/mol. The Kier molecular flexibility index (Phi) is 35.9. The Balaban J connectivity index is 6.85. The van der Waals surface area contributed by atoms with Crippen molar-refractivity contribution in [2.24, 2.45) is 46.4 Å². The molecule has 0 rings (SSSR count). The lowest BCUT2D eigenvalue weighted by Crippen LogP contribution is -2.62. The first-order valence-corrected chi connectivity index (χ1v) is 27.1. The fourth-order valence-corrected chi connectivity index (χ4v) is 7.71. The highest BCUT2D eigenvalue weighted by Crippen LogP contribution is 2.12. The maximum absolute atomic E-state index is 14.2. The van der Waals surface area contributed by atoms with E-state index in [-0.39, 0.29) is 57.7 Å². The molecule has 0 unspecified atom stereocenters. The lowest BCUT2D eigenvalue weighted by atomic mass is 9.99. The average Bonchev–Trinajstić information content (AvgIpc) is 3.38. The predicted molar refractivity (Wildman–Crippen MR) is 291 cm³/mol. The zero-order valence-electron chi connectivity index (χ0n) is 47.2. The zero-order chi connectivity index (χ0) is 62.1. The van der Waals surface area contributed by atoms with Crippen molar-refractivity contribution in [2.45, 2.75) is 192 Å². The normalized spacial score (nSPS) is 14.9. The number of aliphatic hydroxyl groups is 1. The lowest BCUT2D eigenvalue weighted by Gasteiger charge is -2.29. The second-order valence-electron chi connectivity index (χ2n) is 20.6. The minimum Gasteiger partial charge on any atom is -0.481 e. The second-order valence-corrected chi connectivity index (χ2v) is 20.6. The van der Waals surface area contributed by atoms with Crippen LogP contribution in [0.25, 0.3) is 0 Å². The number of rotatable bonds is 43. The van der Waals surface area contributed by atoms with Gasteiger partial charge in [-0.3, -0.25) is 57.5 Å². The van der Waals surface area contributed by atoms with E-state index in [0.29, 0.717) is 25.7 Å². The summed E-state index contributed by atoms with van der Waals surface area (Å²) in [6.07, 6.45) is -2.09. The Morgan fingerprint density at radius 2 is 0.667 bits per heavy atom. The van der Waals surface area contributed by atoms with Crippen LogP contribution in [0.3, 0.4) is 0 Å². The first-order valence-electron chi connectivity index (χ1n) is 27.1. The van der Waals surface area contributed by atoms with Crippen LogP contribution in [0, 0.1) is 17.8 Å². The lowest BCUT2D eigenvalue weighted by molar-refractivity contribution is -0.143. The fourth-order valence-electron chi connectivity index (χ4n) is 7.71. The first kappa shape index (κ1) is 73.9. The molecule has 0 fully saturated rings. The summed E-state index contributed by atoms with van der Waals surface area (Å²) in [7, 11) is 0. The van der Waals surface area contributed by atoms with Gasteiger partial charge in [0.1, 0.15) is 54.4 Å². The Labute approximate surface area is 471 Å². The minimum atomic E-state index is -1.74. The van der Waals surface area contributed by atoms with E-state index in [0.717, 1.165) is 0 Å². The number of unbranched alkanes of at least 4 members (excludes halogenated alkanes) is 3. The Morgan fingerprint density at radius 1 is 0.370 bits per heavy atom. The molecule has 0 bridgehead atoms. The van der Waals surface area contributed by atoms with E-state index in [4.69, 9.17) is 28.7 Å². The topological polar surface area (TPSA) is 541 Å². The number of nitrogens with two attached hydrogens (primary N) is 5. The molecule has 0 aliphatic rings. The van der Waals surface area contributed by atoms with Crippen molar-refractivity contribution in [1.29, 1.82) is 0 Å². The molecule has 0 aromatic heterocycles. The molecule has 0 aromatic rings. The number of hydrogen-bond donors (Lipinski definition) is 18. The summed E-state index contributed by atoms with van der Waals surface area (Å²) in [6.45, 7) is 9.18. The van der Waals surface area contributed by atoms with Gasteiger partial charge in [0.05, 0.1) is 19.1 Å². The third kappa shape index (κ3) is 29.3. The molecule has 0 aromatic carbocycles. The van der Waals surface area contributed by atoms with Gasteiger partial charge in [0, 0.05) is 12.8 Å². The Bertz CT molecular complexity index is 2120. The molecule has 81 heavy (non-hydrogen) atoms. The van der Waals surface area contributed by atoms with Crippen molar-refractivity contribution in [3.05, 3.63) is 0 Å². The molecule has 0 spiro atoms. The summed E-state index contributed by atoms with van der Waals surface area (Å²) in [5.74, 6) is -15.9. The third-order valence-electron chi connectivity index (χ3n) is 12.6. The van der Waals surface area contributed by atoms with Crippen molar-refractivity contribution >= 4 is 77.0 Å². The van der Waals surface area contributed by atoms with Gasteiger partial charge >= 0.3 is 17.9 Å².